The SMILES string of the molecule is Cn1ncc(I)c1N1C(=O)C2(CC2)Cc2ccccc21. The Bertz CT molecular complexity index is 698. The summed E-state index contributed by atoms with van der Waals surface area (Å²) in [4.78, 5) is 14.8. The molecular formula is C15H14IN3O. The van der Waals surface area contributed by atoms with Gasteiger partial charge in [-0.3, -0.25) is 14.4 Å². The molecule has 102 valence electrons. The van der Waals surface area contributed by atoms with Crippen molar-refractivity contribution in [3.05, 3.63) is 39.6 Å². The van der Waals surface area contributed by atoms with Crippen LogP contribution in [-0.2, 0) is 18.3 Å². The number of anilines is 2. The number of hydrogen-bond acceptors (Lipinski definition) is 2. The average Bonchev–Trinajstić information content (AvgIpc) is 3.14. The highest BCUT2D eigenvalue weighted by molar-refractivity contribution is 14.1. The summed E-state index contributed by atoms with van der Waals surface area (Å²) in [7, 11) is 1.89. The molecule has 1 aromatic carbocycles. The lowest BCUT2D eigenvalue weighted by Gasteiger charge is -2.34. The number of halogens is 1. The first-order chi connectivity index (χ1) is 9.62. The van der Waals surface area contributed by atoms with Crippen LogP contribution in [0.2, 0.25) is 0 Å². The molecule has 1 fully saturated rings. The van der Waals surface area contributed by atoms with E-state index in [0.29, 0.717) is 0 Å². The fraction of sp³-hybridized carbons (Fsp3) is 0.333. The van der Waals surface area contributed by atoms with Gasteiger partial charge in [-0.2, -0.15) is 5.10 Å². The molecule has 0 N–H and O–H groups in total. The van der Waals surface area contributed by atoms with Crippen molar-refractivity contribution in [3.63, 3.8) is 0 Å². The van der Waals surface area contributed by atoms with E-state index < -0.39 is 0 Å². The molecule has 4 rings (SSSR count). The molecule has 0 unspecified atom stereocenters. The van der Waals surface area contributed by atoms with Gasteiger partial charge in [0.2, 0.25) is 5.91 Å². The Balaban J connectivity index is 1.95. The van der Waals surface area contributed by atoms with E-state index in [1.165, 1.54) is 5.56 Å². The first-order valence-corrected chi connectivity index (χ1v) is 7.80. The lowest BCUT2D eigenvalue weighted by molar-refractivity contribution is -0.123. The van der Waals surface area contributed by atoms with Crippen LogP contribution in [0.25, 0.3) is 0 Å². The van der Waals surface area contributed by atoms with Crippen molar-refractivity contribution in [2.24, 2.45) is 12.5 Å². The van der Waals surface area contributed by atoms with Gasteiger partial charge in [0, 0.05) is 7.05 Å². The molecule has 1 spiro atoms. The highest BCUT2D eigenvalue weighted by Crippen LogP contribution is 2.55. The number of carbonyl (C=O) groups is 1. The molecule has 1 amide bonds. The molecule has 0 saturated heterocycles. The molecule has 1 aromatic heterocycles. The van der Waals surface area contributed by atoms with Gasteiger partial charge in [-0.1, -0.05) is 18.2 Å². The summed E-state index contributed by atoms with van der Waals surface area (Å²) in [5.74, 6) is 1.12. The van der Waals surface area contributed by atoms with Gasteiger partial charge in [-0.25, -0.2) is 0 Å². The summed E-state index contributed by atoms with van der Waals surface area (Å²) in [5.41, 5.74) is 2.12. The predicted molar refractivity (Wildman–Crippen MR) is 84.9 cm³/mol. The Morgan fingerprint density at radius 2 is 2.05 bits per heavy atom. The number of para-hydroxylation sites is 1. The molecule has 0 radical (unpaired) electrons. The van der Waals surface area contributed by atoms with Crippen LogP contribution in [0, 0.1) is 8.99 Å². The molecule has 2 heterocycles. The van der Waals surface area contributed by atoms with Crippen LogP contribution < -0.4 is 4.90 Å². The average molecular weight is 379 g/mol. The lowest BCUT2D eigenvalue weighted by Crippen LogP contribution is -2.40. The van der Waals surface area contributed by atoms with Crippen LogP contribution in [0.5, 0.6) is 0 Å². The van der Waals surface area contributed by atoms with Crippen molar-refractivity contribution in [1.82, 2.24) is 9.78 Å². The summed E-state index contributed by atoms with van der Waals surface area (Å²) in [6.45, 7) is 0. The Morgan fingerprint density at radius 1 is 1.30 bits per heavy atom. The van der Waals surface area contributed by atoms with Crippen molar-refractivity contribution in [3.8, 4) is 0 Å². The summed E-state index contributed by atoms with van der Waals surface area (Å²) >= 11 is 2.25. The maximum Gasteiger partial charge on any atom is 0.239 e. The third-order valence-electron chi connectivity index (χ3n) is 4.35. The predicted octanol–water partition coefficient (Wildman–Crippen LogP) is 3.03. The maximum absolute atomic E-state index is 13.0. The van der Waals surface area contributed by atoms with Gasteiger partial charge in [0.25, 0.3) is 0 Å². The normalized spacial score (nSPS) is 19.3. The van der Waals surface area contributed by atoms with Crippen LogP contribution in [0.3, 0.4) is 0 Å². The molecule has 0 bridgehead atoms. The first-order valence-electron chi connectivity index (χ1n) is 6.72. The Kier molecular flexibility index (Phi) is 2.52. The minimum absolute atomic E-state index is 0.151. The van der Waals surface area contributed by atoms with E-state index in [1.807, 2.05) is 24.1 Å². The van der Waals surface area contributed by atoms with Crippen molar-refractivity contribution < 1.29 is 4.79 Å². The number of rotatable bonds is 1. The third kappa shape index (κ3) is 1.58. The van der Waals surface area contributed by atoms with Gasteiger partial charge in [0.15, 0.2) is 5.82 Å². The lowest BCUT2D eigenvalue weighted by atomic mass is 9.89. The minimum atomic E-state index is -0.151. The summed E-state index contributed by atoms with van der Waals surface area (Å²) in [6.07, 6.45) is 4.70. The maximum atomic E-state index is 13.0. The van der Waals surface area contributed by atoms with Gasteiger partial charge in [0.05, 0.1) is 20.9 Å². The van der Waals surface area contributed by atoms with E-state index in [9.17, 15) is 4.79 Å². The number of fused-ring (bicyclic) bond motifs is 1. The van der Waals surface area contributed by atoms with Crippen LogP contribution in [0.15, 0.2) is 30.5 Å². The van der Waals surface area contributed by atoms with Crippen LogP contribution in [-0.4, -0.2) is 15.7 Å². The van der Waals surface area contributed by atoms with Crippen molar-refractivity contribution >= 4 is 40.0 Å². The zero-order valence-corrected chi connectivity index (χ0v) is 13.3. The van der Waals surface area contributed by atoms with E-state index in [4.69, 9.17) is 0 Å². The number of carbonyl (C=O) groups excluding carboxylic acids is 1. The third-order valence-corrected chi connectivity index (χ3v) is 5.11. The van der Waals surface area contributed by atoms with Gasteiger partial charge in [-0.15, -0.1) is 0 Å². The number of hydrogen-bond donors (Lipinski definition) is 0. The molecule has 1 aliphatic carbocycles. The second kappa shape index (κ2) is 4.07. The topological polar surface area (TPSA) is 38.1 Å². The number of nitrogens with zero attached hydrogens (tertiary/aromatic N) is 3. The minimum Gasteiger partial charge on any atom is -0.273 e. The van der Waals surface area contributed by atoms with E-state index in [-0.39, 0.29) is 11.3 Å². The van der Waals surface area contributed by atoms with Gasteiger partial charge < -0.3 is 0 Å². The molecule has 2 aromatic rings. The number of amides is 1. The Labute approximate surface area is 130 Å². The van der Waals surface area contributed by atoms with Gasteiger partial charge in [-0.05, 0) is 53.5 Å². The molecule has 0 atom stereocenters. The van der Waals surface area contributed by atoms with Crippen LogP contribution in [0.4, 0.5) is 11.5 Å². The Morgan fingerprint density at radius 3 is 2.70 bits per heavy atom. The van der Waals surface area contributed by atoms with E-state index in [1.54, 1.807) is 10.9 Å². The second-order valence-corrected chi connectivity index (χ2v) is 6.83. The molecule has 5 heteroatoms. The van der Waals surface area contributed by atoms with Crippen LogP contribution >= 0.6 is 22.6 Å². The van der Waals surface area contributed by atoms with E-state index in [0.717, 1.165) is 34.3 Å². The standard InChI is InChI=1S/C15H14IN3O/c1-18-13(11(16)9-17-18)19-12-5-3-2-4-10(12)8-15(6-7-15)14(19)20/h2-5,9H,6-8H2,1H3. The number of aryl methyl sites for hydroxylation is 1. The monoisotopic (exact) mass is 379 g/mol. The fourth-order valence-corrected chi connectivity index (χ4v) is 3.79. The highest BCUT2D eigenvalue weighted by Gasteiger charge is 2.55. The second-order valence-electron chi connectivity index (χ2n) is 5.67. The van der Waals surface area contributed by atoms with Crippen molar-refractivity contribution in [2.75, 3.05) is 4.90 Å². The summed E-state index contributed by atoms with van der Waals surface area (Å²) < 4.78 is 2.80. The molecule has 1 saturated carbocycles. The van der Waals surface area contributed by atoms with Gasteiger partial charge >= 0.3 is 0 Å². The molecular weight excluding hydrogens is 365 g/mol. The molecule has 20 heavy (non-hydrogen) atoms. The zero-order valence-electron chi connectivity index (χ0n) is 11.1. The smallest absolute Gasteiger partial charge is 0.239 e. The van der Waals surface area contributed by atoms with Crippen molar-refractivity contribution in [1.29, 1.82) is 0 Å². The van der Waals surface area contributed by atoms with E-state index >= 15 is 0 Å². The van der Waals surface area contributed by atoms with Gasteiger partial charge in [0.1, 0.15) is 0 Å². The summed E-state index contributed by atoms with van der Waals surface area (Å²) in [5, 5.41) is 4.28. The zero-order chi connectivity index (χ0) is 13.9. The summed E-state index contributed by atoms with van der Waals surface area (Å²) in [6, 6.07) is 8.22. The highest BCUT2D eigenvalue weighted by atomic mass is 127. The quantitative estimate of drug-likeness (QED) is 0.715. The number of benzene rings is 1. The number of aromatic nitrogens is 2. The Hall–Kier alpha value is -1.37. The first kappa shape index (κ1) is 12.4. The van der Waals surface area contributed by atoms with Crippen LogP contribution in [0.1, 0.15) is 18.4 Å². The molecule has 2 aliphatic rings. The fourth-order valence-electron chi connectivity index (χ4n) is 3.07. The van der Waals surface area contributed by atoms with Crippen molar-refractivity contribution in [2.45, 2.75) is 19.3 Å². The molecule has 4 nitrogen and oxygen atoms in total. The largest absolute Gasteiger partial charge is 0.273 e. The molecule has 1 aliphatic heterocycles. The van der Waals surface area contributed by atoms with E-state index in [2.05, 4.69) is 39.8 Å².